The first-order chi connectivity index (χ1) is 10.1. The van der Waals surface area contributed by atoms with E-state index in [0.717, 1.165) is 10.3 Å². The van der Waals surface area contributed by atoms with Gasteiger partial charge >= 0.3 is 0 Å². The van der Waals surface area contributed by atoms with Crippen molar-refractivity contribution in [3.05, 3.63) is 53.3 Å². The van der Waals surface area contributed by atoms with Crippen molar-refractivity contribution in [2.45, 2.75) is 18.0 Å². The van der Waals surface area contributed by atoms with Crippen molar-refractivity contribution in [2.24, 2.45) is 5.73 Å². The highest BCUT2D eigenvalue weighted by Gasteiger charge is 2.23. The Bertz CT molecular complexity index is 852. The molecule has 7 heteroatoms. The Morgan fingerprint density at radius 2 is 2.05 bits per heavy atom. The lowest BCUT2D eigenvalue weighted by atomic mass is 10.2. The monoisotopic (exact) mass is 322 g/mol. The minimum Gasteiger partial charge on any atom is -0.472 e. The lowest BCUT2D eigenvalue weighted by Gasteiger charge is -2.07. The maximum Gasteiger partial charge on any atom is 0.242 e. The van der Waals surface area contributed by atoms with E-state index in [9.17, 15) is 8.42 Å². The third-order valence-electron chi connectivity index (χ3n) is 3.12. The zero-order valence-corrected chi connectivity index (χ0v) is 12.7. The van der Waals surface area contributed by atoms with Gasteiger partial charge in [0.05, 0.1) is 12.5 Å². The molecule has 0 atom stereocenters. The van der Waals surface area contributed by atoms with Crippen LogP contribution in [0.2, 0.25) is 0 Å². The lowest BCUT2D eigenvalue weighted by Crippen LogP contribution is -2.24. The van der Waals surface area contributed by atoms with Crippen molar-refractivity contribution in [3.8, 4) is 0 Å². The summed E-state index contributed by atoms with van der Waals surface area (Å²) in [7, 11) is -3.62. The molecule has 0 bridgehead atoms. The highest BCUT2D eigenvalue weighted by Crippen LogP contribution is 2.34. The Balaban J connectivity index is 2.01. The summed E-state index contributed by atoms with van der Waals surface area (Å²) in [5, 5.41) is 0.711. The van der Waals surface area contributed by atoms with E-state index in [1.807, 2.05) is 18.2 Å². The molecule has 0 amide bonds. The molecule has 3 aromatic rings. The highest BCUT2D eigenvalue weighted by atomic mass is 32.2. The number of sulfonamides is 1. The van der Waals surface area contributed by atoms with Crippen molar-refractivity contribution in [1.29, 1.82) is 0 Å². The number of hydrogen-bond acceptors (Lipinski definition) is 5. The van der Waals surface area contributed by atoms with E-state index in [2.05, 4.69) is 4.72 Å². The van der Waals surface area contributed by atoms with Gasteiger partial charge in [0, 0.05) is 33.6 Å². The van der Waals surface area contributed by atoms with E-state index in [-0.39, 0.29) is 18.0 Å². The predicted octanol–water partition coefficient (Wildman–Crippen LogP) is 2.43. The minimum atomic E-state index is -3.62. The standard InChI is InChI=1S/C14H14N2O3S2/c15-7-13-14(11-3-1-2-4-12(11)20-13)21(17,18)16-8-10-5-6-19-9-10/h1-6,9,16H,7-8,15H2. The van der Waals surface area contributed by atoms with Crippen LogP contribution in [0.15, 0.2) is 52.2 Å². The lowest BCUT2D eigenvalue weighted by molar-refractivity contribution is 0.561. The van der Waals surface area contributed by atoms with Gasteiger partial charge in [0.2, 0.25) is 10.0 Å². The zero-order chi connectivity index (χ0) is 14.9. The second-order valence-electron chi connectivity index (χ2n) is 4.51. The van der Waals surface area contributed by atoms with Crippen LogP contribution in [0.25, 0.3) is 10.1 Å². The first-order valence-corrected chi connectivity index (χ1v) is 8.63. The van der Waals surface area contributed by atoms with Crippen LogP contribution in [-0.2, 0) is 23.1 Å². The van der Waals surface area contributed by atoms with E-state index in [4.69, 9.17) is 10.2 Å². The van der Waals surface area contributed by atoms with Gasteiger partial charge in [0.15, 0.2) is 0 Å². The Hall–Kier alpha value is -1.67. The molecule has 0 aliphatic rings. The second-order valence-corrected chi connectivity index (χ2v) is 7.35. The number of furan rings is 1. The molecule has 0 spiro atoms. The van der Waals surface area contributed by atoms with Gasteiger partial charge in [0.1, 0.15) is 4.90 Å². The van der Waals surface area contributed by atoms with Crippen molar-refractivity contribution in [1.82, 2.24) is 4.72 Å². The Morgan fingerprint density at radius 3 is 2.76 bits per heavy atom. The summed E-state index contributed by atoms with van der Waals surface area (Å²) in [5.74, 6) is 0. The molecule has 2 heterocycles. The molecule has 3 rings (SSSR count). The number of nitrogens with one attached hydrogen (secondary N) is 1. The molecule has 0 saturated heterocycles. The van der Waals surface area contributed by atoms with Gasteiger partial charge in [-0.15, -0.1) is 11.3 Å². The molecule has 110 valence electrons. The quantitative estimate of drug-likeness (QED) is 0.755. The first kappa shape index (κ1) is 14.3. The second kappa shape index (κ2) is 5.61. The number of rotatable bonds is 5. The van der Waals surface area contributed by atoms with Crippen LogP contribution in [0.5, 0.6) is 0 Å². The summed E-state index contributed by atoms with van der Waals surface area (Å²) in [6.45, 7) is 0.383. The summed E-state index contributed by atoms with van der Waals surface area (Å²) in [5.41, 5.74) is 6.48. The number of hydrogen-bond donors (Lipinski definition) is 2. The van der Waals surface area contributed by atoms with E-state index in [0.29, 0.717) is 10.3 Å². The van der Waals surface area contributed by atoms with Gasteiger partial charge in [-0.2, -0.15) is 0 Å². The molecule has 1 aromatic carbocycles. The first-order valence-electron chi connectivity index (χ1n) is 6.33. The van der Waals surface area contributed by atoms with Gasteiger partial charge in [-0.3, -0.25) is 0 Å². The molecule has 0 unspecified atom stereocenters. The molecular formula is C14H14N2O3S2. The van der Waals surface area contributed by atoms with Crippen LogP contribution in [0.1, 0.15) is 10.4 Å². The van der Waals surface area contributed by atoms with Crippen LogP contribution in [0, 0.1) is 0 Å². The Kier molecular flexibility index (Phi) is 3.81. The fourth-order valence-electron chi connectivity index (χ4n) is 2.15. The number of fused-ring (bicyclic) bond motifs is 1. The Labute approximate surface area is 126 Å². The fraction of sp³-hybridized carbons (Fsp3) is 0.143. The van der Waals surface area contributed by atoms with E-state index in [1.165, 1.54) is 23.9 Å². The van der Waals surface area contributed by atoms with E-state index >= 15 is 0 Å². The van der Waals surface area contributed by atoms with Crippen LogP contribution >= 0.6 is 11.3 Å². The van der Waals surface area contributed by atoms with Crippen LogP contribution in [-0.4, -0.2) is 8.42 Å². The normalized spacial score (nSPS) is 12.0. The van der Waals surface area contributed by atoms with Gasteiger partial charge in [-0.25, -0.2) is 13.1 Å². The van der Waals surface area contributed by atoms with Gasteiger partial charge in [-0.1, -0.05) is 18.2 Å². The summed E-state index contributed by atoms with van der Waals surface area (Å²) in [4.78, 5) is 0.949. The van der Waals surface area contributed by atoms with Crippen LogP contribution in [0.3, 0.4) is 0 Å². The predicted molar refractivity (Wildman–Crippen MR) is 82.4 cm³/mol. The van der Waals surface area contributed by atoms with Crippen molar-refractivity contribution in [3.63, 3.8) is 0 Å². The SMILES string of the molecule is NCc1sc2ccccc2c1S(=O)(=O)NCc1ccoc1. The average Bonchev–Trinajstić information content (AvgIpc) is 3.12. The number of nitrogens with two attached hydrogens (primary N) is 1. The third-order valence-corrected chi connectivity index (χ3v) is 5.97. The minimum absolute atomic E-state index is 0.188. The summed E-state index contributed by atoms with van der Waals surface area (Å²) < 4.78 is 33.6. The largest absolute Gasteiger partial charge is 0.472 e. The molecule has 0 aliphatic carbocycles. The van der Waals surface area contributed by atoms with E-state index in [1.54, 1.807) is 12.1 Å². The Morgan fingerprint density at radius 1 is 1.24 bits per heavy atom. The summed E-state index contributed by atoms with van der Waals surface area (Å²) in [6.07, 6.45) is 3.02. The summed E-state index contributed by atoms with van der Waals surface area (Å²) >= 11 is 1.41. The third kappa shape index (κ3) is 2.73. The number of thiophene rings is 1. The number of benzene rings is 1. The molecule has 0 fully saturated rings. The van der Waals surface area contributed by atoms with Crippen molar-refractivity contribution < 1.29 is 12.8 Å². The zero-order valence-electron chi connectivity index (χ0n) is 11.1. The van der Waals surface area contributed by atoms with Crippen LogP contribution in [0.4, 0.5) is 0 Å². The molecule has 5 nitrogen and oxygen atoms in total. The van der Waals surface area contributed by atoms with Gasteiger partial charge < -0.3 is 10.2 Å². The molecule has 0 saturated carbocycles. The molecule has 0 aliphatic heterocycles. The molecule has 0 radical (unpaired) electrons. The smallest absolute Gasteiger partial charge is 0.242 e. The highest BCUT2D eigenvalue weighted by molar-refractivity contribution is 7.90. The molecule has 3 N–H and O–H groups in total. The van der Waals surface area contributed by atoms with Gasteiger partial charge in [0.25, 0.3) is 0 Å². The van der Waals surface area contributed by atoms with Gasteiger partial charge in [-0.05, 0) is 12.1 Å². The maximum absolute atomic E-state index is 12.6. The van der Waals surface area contributed by atoms with E-state index < -0.39 is 10.0 Å². The maximum atomic E-state index is 12.6. The molecule has 2 aromatic heterocycles. The average molecular weight is 322 g/mol. The topological polar surface area (TPSA) is 85.3 Å². The fourth-order valence-corrected chi connectivity index (χ4v) is 4.99. The molecular weight excluding hydrogens is 308 g/mol. The summed E-state index contributed by atoms with van der Waals surface area (Å²) in [6, 6.07) is 9.13. The van der Waals surface area contributed by atoms with Crippen LogP contribution < -0.4 is 10.5 Å². The van der Waals surface area contributed by atoms with Crippen molar-refractivity contribution >= 4 is 31.4 Å². The molecule has 21 heavy (non-hydrogen) atoms. The van der Waals surface area contributed by atoms with Crippen molar-refractivity contribution in [2.75, 3.05) is 0 Å².